The molecule has 4 aromatic rings. The van der Waals surface area contributed by atoms with Gasteiger partial charge in [-0.3, -0.25) is 9.67 Å². The molecule has 3 aromatic heterocycles. The molecule has 33 heavy (non-hydrogen) atoms. The van der Waals surface area contributed by atoms with E-state index in [4.69, 9.17) is 9.97 Å². The third-order valence-corrected chi connectivity index (χ3v) is 6.78. The number of nitrogens with one attached hydrogen (secondary N) is 1. The van der Waals surface area contributed by atoms with E-state index in [0.29, 0.717) is 12.5 Å². The second-order valence-corrected chi connectivity index (χ2v) is 9.02. The van der Waals surface area contributed by atoms with Gasteiger partial charge in [0.1, 0.15) is 11.0 Å². The average molecular weight is 465 g/mol. The number of nitrogens with zero attached hydrogens (tertiary/aromatic N) is 7. The van der Waals surface area contributed by atoms with Gasteiger partial charge in [-0.2, -0.15) is 10.1 Å². The minimum atomic E-state index is 0.241. The number of pyridine rings is 1. The fourth-order valence-electron chi connectivity index (χ4n) is 4.09. The fraction of sp³-hybridized carbons (Fsp3) is 0.391. The number of rotatable bonds is 7. The van der Waals surface area contributed by atoms with E-state index in [9.17, 15) is 4.55 Å². The summed E-state index contributed by atoms with van der Waals surface area (Å²) in [6, 6.07) is 10.5. The molecule has 9 nitrogen and oxygen atoms in total. The maximum absolute atomic E-state index is 9.32. The number of piperazine rings is 1. The van der Waals surface area contributed by atoms with Crippen LogP contribution in [0.2, 0.25) is 0 Å². The summed E-state index contributed by atoms with van der Waals surface area (Å²) in [7, 11) is 0. The third-order valence-electron chi connectivity index (χ3n) is 6.19. The van der Waals surface area contributed by atoms with Crippen molar-refractivity contribution in [1.82, 2.24) is 29.0 Å². The van der Waals surface area contributed by atoms with Crippen molar-refractivity contribution in [3.63, 3.8) is 0 Å². The van der Waals surface area contributed by atoms with Crippen LogP contribution >= 0.6 is 12.2 Å². The Bertz CT molecular complexity index is 1250. The van der Waals surface area contributed by atoms with Crippen LogP contribution < -0.4 is 10.2 Å². The molecule has 0 bridgehead atoms. The molecular weight excluding hydrogens is 436 g/mol. The largest absolute Gasteiger partial charge is 0.364 e. The summed E-state index contributed by atoms with van der Waals surface area (Å²) in [5.41, 5.74) is 3.83. The Morgan fingerprint density at radius 1 is 1.09 bits per heavy atom. The van der Waals surface area contributed by atoms with Crippen molar-refractivity contribution in [2.45, 2.75) is 32.9 Å². The average Bonchev–Trinajstić information content (AvgIpc) is 3.31. The Hall–Kier alpha value is -2.95. The topological polar surface area (TPSA) is 95.2 Å². The number of para-hydroxylation sites is 1. The van der Waals surface area contributed by atoms with E-state index in [1.807, 2.05) is 39.6 Å². The van der Waals surface area contributed by atoms with Crippen LogP contribution in [0.5, 0.6) is 0 Å². The molecular formula is C23H28N8OS. The lowest BCUT2D eigenvalue weighted by atomic mass is 10.1. The molecule has 172 valence electrons. The van der Waals surface area contributed by atoms with E-state index in [0.717, 1.165) is 78.1 Å². The first-order valence-electron chi connectivity index (χ1n) is 11.3. The molecule has 1 aliphatic heterocycles. The van der Waals surface area contributed by atoms with Crippen LogP contribution in [0, 0.1) is 0 Å². The van der Waals surface area contributed by atoms with Gasteiger partial charge in [-0.25, -0.2) is 9.29 Å². The highest BCUT2D eigenvalue weighted by atomic mass is 32.2. The summed E-state index contributed by atoms with van der Waals surface area (Å²) in [5, 5.41) is 9.29. The van der Waals surface area contributed by atoms with Gasteiger partial charge in [-0.05, 0) is 31.0 Å². The normalized spacial score (nSPS) is 15.9. The van der Waals surface area contributed by atoms with Crippen LogP contribution in [0.25, 0.3) is 21.9 Å². The number of anilines is 2. The highest BCUT2D eigenvalue weighted by Crippen LogP contribution is 2.28. The molecule has 1 atom stereocenters. The van der Waals surface area contributed by atoms with Gasteiger partial charge < -0.3 is 14.8 Å². The van der Waals surface area contributed by atoms with E-state index in [1.165, 1.54) is 0 Å². The van der Waals surface area contributed by atoms with Gasteiger partial charge in [0.05, 0.1) is 23.9 Å². The highest BCUT2D eigenvalue weighted by molar-refractivity contribution is 7.91. The van der Waals surface area contributed by atoms with E-state index in [2.05, 4.69) is 46.3 Å². The van der Waals surface area contributed by atoms with Gasteiger partial charge in [-0.15, -0.1) is 0 Å². The first-order valence-corrected chi connectivity index (χ1v) is 12.0. The number of aromatic nitrogens is 5. The highest BCUT2D eigenvalue weighted by Gasteiger charge is 2.22. The molecule has 0 saturated carbocycles. The zero-order valence-corrected chi connectivity index (χ0v) is 19.7. The molecule has 1 aromatic carbocycles. The van der Waals surface area contributed by atoms with Gasteiger partial charge in [0.15, 0.2) is 5.82 Å². The molecule has 1 aliphatic rings. The van der Waals surface area contributed by atoms with Gasteiger partial charge in [-0.1, -0.05) is 25.1 Å². The first kappa shape index (κ1) is 21.9. The predicted octanol–water partition coefficient (Wildman–Crippen LogP) is 4.20. The number of benzene rings is 1. The van der Waals surface area contributed by atoms with Gasteiger partial charge in [0.25, 0.3) is 0 Å². The van der Waals surface area contributed by atoms with Gasteiger partial charge in [0, 0.05) is 50.3 Å². The second kappa shape index (κ2) is 9.50. The molecule has 0 aliphatic carbocycles. The molecule has 1 saturated heterocycles. The summed E-state index contributed by atoms with van der Waals surface area (Å²) in [6.45, 7) is 7.92. The molecule has 0 spiro atoms. The molecule has 10 heteroatoms. The van der Waals surface area contributed by atoms with Crippen molar-refractivity contribution < 1.29 is 4.55 Å². The smallest absolute Gasteiger partial charge is 0.228 e. The van der Waals surface area contributed by atoms with Crippen molar-refractivity contribution >= 4 is 45.9 Å². The van der Waals surface area contributed by atoms with Crippen LogP contribution in [0.4, 0.5) is 11.8 Å². The summed E-state index contributed by atoms with van der Waals surface area (Å²) in [4.78, 5) is 16.5. The van der Waals surface area contributed by atoms with Gasteiger partial charge >= 0.3 is 0 Å². The quantitative estimate of drug-likeness (QED) is 0.308. The second-order valence-electron chi connectivity index (χ2n) is 8.34. The standard InChI is InChI=1S/C23H28N8OS/c1-3-16(2)31-21-20(15-26-31)27-23(29-8-10-30(33-32)11-9-29)28-22(21)25-14-17-12-18-6-4-5-7-19(18)24-13-17/h4-7,12-13,15-16,32H,3,8-11,14H2,1-2H3,(H,25,27,28). The van der Waals surface area contributed by atoms with Crippen molar-refractivity contribution in [2.75, 3.05) is 36.4 Å². The molecule has 1 unspecified atom stereocenters. The predicted molar refractivity (Wildman–Crippen MR) is 133 cm³/mol. The minimum Gasteiger partial charge on any atom is -0.364 e. The van der Waals surface area contributed by atoms with Crippen molar-refractivity contribution in [3.05, 3.63) is 48.3 Å². The Labute approximate surface area is 197 Å². The molecule has 5 rings (SSSR count). The van der Waals surface area contributed by atoms with Crippen LogP contribution in [-0.2, 0) is 6.54 Å². The Morgan fingerprint density at radius 2 is 1.91 bits per heavy atom. The summed E-state index contributed by atoms with van der Waals surface area (Å²) in [6.07, 6.45) is 4.70. The Morgan fingerprint density at radius 3 is 2.70 bits per heavy atom. The van der Waals surface area contributed by atoms with Crippen LogP contribution in [0.15, 0.2) is 42.7 Å². The number of fused-ring (bicyclic) bond motifs is 2. The zero-order chi connectivity index (χ0) is 22.8. The van der Waals surface area contributed by atoms with Crippen LogP contribution in [-0.4, -0.2) is 59.8 Å². The first-order chi connectivity index (χ1) is 16.2. The van der Waals surface area contributed by atoms with Crippen LogP contribution in [0.3, 0.4) is 0 Å². The number of hydrogen-bond donors (Lipinski definition) is 2. The van der Waals surface area contributed by atoms with E-state index in [-0.39, 0.29) is 6.04 Å². The van der Waals surface area contributed by atoms with Crippen molar-refractivity contribution in [3.8, 4) is 0 Å². The fourth-order valence-corrected chi connectivity index (χ4v) is 4.42. The zero-order valence-electron chi connectivity index (χ0n) is 18.8. The summed E-state index contributed by atoms with van der Waals surface area (Å²) < 4.78 is 13.3. The van der Waals surface area contributed by atoms with Crippen molar-refractivity contribution in [1.29, 1.82) is 0 Å². The van der Waals surface area contributed by atoms with E-state index < -0.39 is 0 Å². The Kier molecular flexibility index (Phi) is 6.30. The maximum atomic E-state index is 9.32. The molecule has 0 amide bonds. The molecule has 1 fully saturated rings. The van der Waals surface area contributed by atoms with E-state index in [1.54, 1.807) is 0 Å². The lowest BCUT2D eigenvalue weighted by Crippen LogP contribution is -2.44. The molecule has 2 N–H and O–H groups in total. The lowest BCUT2D eigenvalue weighted by Gasteiger charge is -2.32. The lowest BCUT2D eigenvalue weighted by molar-refractivity contribution is 0.403. The van der Waals surface area contributed by atoms with E-state index >= 15 is 0 Å². The Balaban J connectivity index is 1.48. The van der Waals surface area contributed by atoms with Gasteiger partial charge in [0.2, 0.25) is 5.95 Å². The SMILES string of the molecule is CCC(C)n1ncc2nc(N3CCN(SO)CC3)nc(NCc3cnc4ccccc4c3)c21. The maximum Gasteiger partial charge on any atom is 0.228 e. The molecule has 4 heterocycles. The van der Waals surface area contributed by atoms with Crippen LogP contribution in [0.1, 0.15) is 31.9 Å². The minimum absolute atomic E-state index is 0.241. The number of hydrogen-bond acceptors (Lipinski definition) is 9. The summed E-state index contributed by atoms with van der Waals surface area (Å²) >= 11 is 0.798. The molecule has 0 radical (unpaired) electrons. The monoisotopic (exact) mass is 464 g/mol. The third kappa shape index (κ3) is 4.46. The van der Waals surface area contributed by atoms with Crippen molar-refractivity contribution in [2.24, 2.45) is 0 Å². The summed E-state index contributed by atoms with van der Waals surface area (Å²) in [5.74, 6) is 1.47.